The molecule has 1 aliphatic heterocycles. The first-order valence-corrected chi connectivity index (χ1v) is 7.57. The fourth-order valence-corrected chi connectivity index (χ4v) is 2.24. The molecule has 0 spiro atoms. The van der Waals surface area contributed by atoms with Crippen LogP contribution < -0.4 is 4.74 Å². The largest absolute Gasteiger partial charge is 0.494 e. The van der Waals surface area contributed by atoms with Crippen molar-refractivity contribution in [2.24, 2.45) is 4.99 Å². The summed E-state index contributed by atoms with van der Waals surface area (Å²) in [5.74, 6) is 0.299. The SMILES string of the molecule is CCOc1ccc(/C=C2/N=C(c3ccc([N+](=O)[O-])cc3)OC2=O)cc1. The Labute approximate surface area is 143 Å². The van der Waals surface area contributed by atoms with Crippen LogP contribution in [0.5, 0.6) is 5.75 Å². The van der Waals surface area contributed by atoms with Gasteiger partial charge in [-0.1, -0.05) is 12.1 Å². The highest BCUT2D eigenvalue weighted by molar-refractivity contribution is 6.12. The van der Waals surface area contributed by atoms with Crippen molar-refractivity contribution in [2.75, 3.05) is 6.61 Å². The second kappa shape index (κ2) is 6.96. The van der Waals surface area contributed by atoms with Gasteiger partial charge in [0.25, 0.3) is 5.69 Å². The fourth-order valence-electron chi connectivity index (χ4n) is 2.24. The van der Waals surface area contributed by atoms with Crippen molar-refractivity contribution in [1.82, 2.24) is 0 Å². The molecule has 0 radical (unpaired) electrons. The number of nitrogens with zero attached hydrogens (tertiary/aromatic N) is 2. The molecule has 0 saturated heterocycles. The number of benzene rings is 2. The van der Waals surface area contributed by atoms with E-state index in [0.717, 1.165) is 11.3 Å². The molecule has 2 aromatic rings. The second-order valence-corrected chi connectivity index (χ2v) is 5.14. The minimum atomic E-state index is -0.567. The molecule has 0 aliphatic carbocycles. The minimum absolute atomic E-state index is 0.0428. The van der Waals surface area contributed by atoms with E-state index >= 15 is 0 Å². The Morgan fingerprint density at radius 3 is 2.44 bits per heavy atom. The summed E-state index contributed by atoms with van der Waals surface area (Å²) in [6, 6.07) is 12.9. The van der Waals surface area contributed by atoms with Crippen LogP contribution in [0.1, 0.15) is 18.1 Å². The van der Waals surface area contributed by atoms with Crippen molar-refractivity contribution in [2.45, 2.75) is 6.92 Å². The summed E-state index contributed by atoms with van der Waals surface area (Å²) in [5, 5.41) is 10.7. The van der Waals surface area contributed by atoms with Crippen molar-refractivity contribution in [3.05, 3.63) is 75.5 Å². The number of hydrogen-bond acceptors (Lipinski definition) is 6. The number of non-ortho nitro benzene ring substituents is 1. The lowest BCUT2D eigenvalue weighted by Gasteiger charge is -2.02. The molecule has 7 nitrogen and oxygen atoms in total. The highest BCUT2D eigenvalue weighted by atomic mass is 16.6. The Hall–Kier alpha value is -3.48. The van der Waals surface area contributed by atoms with E-state index in [9.17, 15) is 14.9 Å². The van der Waals surface area contributed by atoms with Gasteiger partial charge in [-0.2, -0.15) is 0 Å². The van der Waals surface area contributed by atoms with Crippen molar-refractivity contribution >= 4 is 23.6 Å². The molecule has 3 rings (SSSR count). The van der Waals surface area contributed by atoms with Crippen LogP contribution in [0, 0.1) is 10.1 Å². The van der Waals surface area contributed by atoms with Crippen molar-refractivity contribution < 1.29 is 19.2 Å². The second-order valence-electron chi connectivity index (χ2n) is 5.14. The van der Waals surface area contributed by atoms with Crippen LogP contribution in [0.15, 0.2) is 59.2 Å². The lowest BCUT2D eigenvalue weighted by molar-refractivity contribution is -0.384. The molecule has 0 unspecified atom stereocenters. The summed E-state index contributed by atoms with van der Waals surface area (Å²) in [6.07, 6.45) is 1.61. The van der Waals surface area contributed by atoms with Gasteiger partial charge in [0, 0.05) is 17.7 Å². The highest BCUT2D eigenvalue weighted by Crippen LogP contribution is 2.21. The van der Waals surface area contributed by atoms with Crippen LogP contribution in [-0.4, -0.2) is 23.4 Å². The normalized spacial score (nSPS) is 15.0. The Balaban J connectivity index is 1.82. The maximum absolute atomic E-state index is 12.0. The molecule has 25 heavy (non-hydrogen) atoms. The molecule has 126 valence electrons. The van der Waals surface area contributed by atoms with Gasteiger partial charge in [0.15, 0.2) is 5.70 Å². The molecular weight excluding hydrogens is 324 g/mol. The van der Waals surface area contributed by atoms with Crippen LogP contribution in [0.2, 0.25) is 0 Å². The summed E-state index contributed by atoms with van der Waals surface area (Å²) in [4.78, 5) is 26.3. The Morgan fingerprint density at radius 2 is 1.84 bits per heavy atom. The molecule has 1 heterocycles. The van der Waals surface area contributed by atoms with Crippen molar-refractivity contribution in [3.8, 4) is 5.75 Å². The van der Waals surface area contributed by atoms with Crippen LogP contribution >= 0.6 is 0 Å². The number of aliphatic imine (C=N–C) groups is 1. The van der Waals surface area contributed by atoms with Gasteiger partial charge in [-0.05, 0) is 42.8 Å². The number of nitro groups is 1. The van der Waals surface area contributed by atoms with E-state index in [-0.39, 0.29) is 17.3 Å². The number of esters is 1. The van der Waals surface area contributed by atoms with Gasteiger partial charge >= 0.3 is 5.97 Å². The minimum Gasteiger partial charge on any atom is -0.494 e. The first kappa shape index (κ1) is 16.4. The van der Waals surface area contributed by atoms with Gasteiger partial charge in [-0.15, -0.1) is 0 Å². The lowest BCUT2D eigenvalue weighted by atomic mass is 10.2. The molecule has 7 heteroatoms. The third kappa shape index (κ3) is 3.72. The summed E-state index contributed by atoms with van der Waals surface area (Å²) in [5.41, 5.74) is 1.40. The van der Waals surface area contributed by atoms with E-state index in [1.165, 1.54) is 24.3 Å². The van der Waals surface area contributed by atoms with Crippen LogP contribution in [0.3, 0.4) is 0 Å². The monoisotopic (exact) mass is 338 g/mol. The standard InChI is InChI=1S/C18H14N2O5/c1-2-24-15-9-3-12(4-10-15)11-16-18(21)25-17(19-16)13-5-7-14(8-6-13)20(22)23/h3-11H,2H2,1H3/b16-11+. The smallest absolute Gasteiger partial charge is 0.363 e. The van der Waals surface area contributed by atoms with Gasteiger partial charge in [0.2, 0.25) is 5.90 Å². The Kier molecular flexibility index (Phi) is 4.56. The molecule has 0 saturated carbocycles. The van der Waals surface area contributed by atoms with E-state index in [1.807, 2.05) is 19.1 Å². The number of carbonyl (C=O) groups excluding carboxylic acids is 1. The number of rotatable bonds is 5. The Morgan fingerprint density at radius 1 is 1.16 bits per heavy atom. The van der Waals surface area contributed by atoms with E-state index in [2.05, 4.69) is 4.99 Å². The number of ether oxygens (including phenoxy) is 2. The zero-order valence-corrected chi connectivity index (χ0v) is 13.3. The quantitative estimate of drug-likeness (QED) is 0.361. The molecule has 0 N–H and O–H groups in total. The summed E-state index contributed by atoms with van der Waals surface area (Å²) in [6.45, 7) is 2.48. The molecule has 1 aliphatic rings. The Bertz CT molecular complexity index is 867. The van der Waals surface area contributed by atoms with E-state index < -0.39 is 10.9 Å². The lowest BCUT2D eigenvalue weighted by Crippen LogP contribution is -2.05. The highest BCUT2D eigenvalue weighted by Gasteiger charge is 2.24. The van der Waals surface area contributed by atoms with Crippen molar-refractivity contribution in [3.63, 3.8) is 0 Å². The van der Waals surface area contributed by atoms with Gasteiger partial charge < -0.3 is 9.47 Å². The predicted octanol–water partition coefficient (Wildman–Crippen LogP) is 3.34. The maximum atomic E-state index is 12.0. The summed E-state index contributed by atoms with van der Waals surface area (Å²) >= 11 is 0. The average Bonchev–Trinajstić information content (AvgIpc) is 2.98. The third-order valence-electron chi connectivity index (χ3n) is 3.44. The van der Waals surface area contributed by atoms with Crippen LogP contribution in [-0.2, 0) is 9.53 Å². The molecule has 2 aromatic carbocycles. The molecule has 0 fully saturated rings. The number of nitro benzene ring substituents is 1. The summed E-state index contributed by atoms with van der Waals surface area (Å²) in [7, 11) is 0. The molecular formula is C18H14N2O5. The maximum Gasteiger partial charge on any atom is 0.363 e. The van der Waals surface area contributed by atoms with Gasteiger partial charge in [-0.25, -0.2) is 9.79 Å². The van der Waals surface area contributed by atoms with Gasteiger partial charge in [-0.3, -0.25) is 10.1 Å². The predicted molar refractivity (Wildman–Crippen MR) is 91.3 cm³/mol. The first-order valence-electron chi connectivity index (χ1n) is 7.57. The molecule has 0 atom stereocenters. The van der Waals surface area contributed by atoms with Crippen LogP contribution in [0.25, 0.3) is 6.08 Å². The van der Waals surface area contributed by atoms with E-state index in [1.54, 1.807) is 18.2 Å². The number of hydrogen-bond donors (Lipinski definition) is 0. The summed E-state index contributed by atoms with van der Waals surface area (Å²) < 4.78 is 10.5. The fraction of sp³-hybridized carbons (Fsp3) is 0.111. The van der Waals surface area contributed by atoms with Crippen molar-refractivity contribution in [1.29, 1.82) is 0 Å². The average molecular weight is 338 g/mol. The molecule has 0 bridgehead atoms. The van der Waals surface area contributed by atoms with E-state index in [0.29, 0.717) is 12.2 Å². The zero-order valence-electron chi connectivity index (χ0n) is 13.3. The first-order chi connectivity index (χ1) is 12.1. The number of cyclic esters (lactones) is 1. The van der Waals surface area contributed by atoms with Gasteiger partial charge in [0.05, 0.1) is 11.5 Å². The molecule has 0 aromatic heterocycles. The third-order valence-corrected chi connectivity index (χ3v) is 3.44. The molecule has 0 amide bonds. The van der Waals surface area contributed by atoms with Gasteiger partial charge in [0.1, 0.15) is 5.75 Å². The topological polar surface area (TPSA) is 91.0 Å². The van der Waals surface area contributed by atoms with E-state index in [4.69, 9.17) is 9.47 Å². The number of carbonyl (C=O) groups is 1. The van der Waals surface area contributed by atoms with Crippen LogP contribution in [0.4, 0.5) is 5.69 Å². The zero-order chi connectivity index (χ0) is 17.8.